The summed E-state index contributed by atoms with van der Waals surface area (Å²) in [5.74, 6) is -0.509. The molecule has 0 aromatic heterocycles. The van der Waals surface area contributed by atoms with Crippen LogP contribution in [0.3, 0.4) is 0 Å². The van der Waals surface area contributed by atoms with Crippen molar-refractivity contribution >= 4 is 87.3 Å². The van der Waals surface area contributed by atoms with Gasteiger partial charge >= 0.3 is 0 Å². The minimum atomic E-state index is -0.474. The van der Waals surface area contributed by atoms with Gasteiger partial charge in [0.15, 0.2) is 13.2 Å². The number of carbonyl (C=O) groups excluding carboxylic acids is 4. The molecule has 0 radical (unpaired) electrons. The van der Waals surface area contributed by atoms with Crippen LogP contribution in [0.1, 0.15) is 44.9 Å². The number of hydrogen-bond acceptors (Lipinski definition) is 6. The van der Waals surface area contributed by atoms with Crippen molar-refractivity contribution in [1.29, 1.82) is 0 Å². The Morgan fingerprint density at radius 1 is 0.538 bits per heavy atom. The highest BCUT2D eigenvalue weighted by Crippen LogP contribution is 2.29. The van der Waals surface area contributed by atoms with Crippen molar-refractivity contribution in [3.8, 4) is 11.5 Å². The van der Waals surface area contributed by atoms with Crippen molar-refractivity contribution in [2.45, 2.75) is 44.9 Å². The van der Waals surface area contributed by atoms with Crippen LogP contribution in [0.15, 0.2) is 54.3 Å². The van der Waals surface area contributed by atoms with Crippen molar-refractivity contribution in [2.75, 3.05) is 13.2 Å². The molecule has 10 nitrogen and oxygen atoms in total. The van der Waals surface area contributed by atoms with Crippen molar-refractivity contribution in [1.82, 2.24) is 21.7 Å². The summed E-state index contributed by atoms with van der Waals surface area (Å²) in [4.78, 5) is 47.5. The van der Waals surface area contributed by atoms with Crippen LogP contribution in [0, 0.1) is 0 Å². The molecular weight excluding hydrogens is 772 g/mol. The zero-order valence-corrected chi connectivity index (χ0v) is 27.1. The minimum absolute atomic E-state index is 0.241. The van der Waals surface area contributed by atoms with E-state index in [1.165, 1.54) is 0 Å². The summed E-state index contributed by atoms with van der Waals surface area (Å²) in [6.07, 6.45) is 4.31. The topological polar surface area (TPSA) is 135 Å². The second-order valence-corrected chi connectivity index (χ2v) is 11.7. The van der Waals surface area contributed by atoms with Crippen LogP contribution < -0.4 is 31.2 Å². The van der Waals surface area contributed by atoms with Gasteiger partial charge in [-0.2, -0.15) is 0 Å². The first-order valence-electron chi connectivity index (χ1n) is 11.9. The van der Waals surface area contributed by atoms with E-state index in [0.29, 0.717) is 33.3 Å². The molecule has 4 N–H and O–H groups in total. The number of carbonyl (C=O) groups is 4. The van der Waals surface area contributed by atoms with Crippen molar-refractivity contribution in [2.24, 2.45) is 0 Å². The molecule has 212 valence electrons. The maximum atomic E-state index is 11.9. The van der Waals surface area contributed by atoms with Gasteiger partial charge in [-0.3, -0.25) is 40.9 Å². The molecule has 0 saturated heterocycles. The molecule has 39 heavy (non-hydrogen) atoms. The van der Waals surface area contributed by atoms with E-state index in [-0.39, 0.29) is 37.9 Å². The van der Waals surface area contributed by atoms with Crippen LogP contribution in [0.4, 0.5) is 0 Å². The zero-order valence-electron chi connectivity index (χ0n) is 20.8. The standard InChI is InChI=1S/C25H28Br4N4O6/c26-16-8-10-20(18(28)12-16)38-14-24(36)32-30-22(34)6-4-2-1-3-5-7-23(35)31-33-25(37)15-39-21-11-9-17(27)13-19(21)29/h8-13H,1-7,14-15H2,(H,30,34)(H,31,35)(H,32,36)(H,33,37). The minimum Gasteiger partial charge on any atom is -0.483 e. The highest BCUT2D eigenvalue weighted by Gasteiger charge is 2.09. The monoisotopic (exact) mass is 796 g/mol. The Labute approximate surface area is 260 Å². The Kier molecular flexibility index (Phi) is 15.5. The molecule has 0 aliphatic heterocycles. The van der Waals surface area contributed by atoms with Crippen LogP contribution in [0.5, 0.6) is 11.5 Å². The SMILES string of the molecule is O=C(CCCCCCCC(=O)NNC(=O)COc1ccc(Br)cc1Br)NNC(=O)COc1ccc(Br)cc1Br. The van der Waals surface area contributed by atoms with E-state index in [0.717, 1.165) is 28.2 Å². The first kappa shape index (κ1) is 33.0. The van der Waals surface area contributed by atoms with Gasteiger partial charge in [0.1, 0.15) is 11.5 Å². The maximum absolute atomic E-state index is 11.9. The third-order valence-corrected chi connectivity index (χ3v) is 7.22. The lowest BCUT2D eigenvalue weighted by atomic mass is 10.1. The van der Waals surface area contributed by atoms with Gasteiger partial charge in [0.05, 0.1) is 8.95 Å². The van der Waals surface area contributed by atoms with Gasteiger partial charge in [0.2, 0.25) is 11.8 Å². The van der Waals surface area contributed by atoms with Gasteiger partial charge in [0, 0.05) is 21.8 Å². The van der Waals surface area contributed by atoms with Crippen LogP contribution in [-0.4, -0.2) is 36.8 Å². The summed E-state index contributed by atoms with van der Waals surface area (Å²) in [5, 5.41) is 0. The summed E-state index contributed by atoms with van der Waals surface area (Å²) >= 11 is 13.4. The van der Waals surface area contributed by atoms with Gasteiger partial charge < -0.3 is 9.47 Å². The number of ether oxygens (including phenoxy) is 2. The molecule has 0 aliphatic carbocycles. The Hall–Kier alpha value is -2.16. The number of benzene rings is 2. The van der Waals surface area contributed by atoms with E-state index in [9.17, 15) is 19.2 Å². The average Bonchev–Trinajstić information content (AvgIpc) is 2.89. The van der Waals surface area contributed by atoms with Crippen molar-refractivity contribution in [3.05, 3.63) is 54.3 Å². The molecule has 2 aromatic carbocycles. The lowest BCUT2D eigenvalue weighted by molar-refractivity contribution is -0.130. The summed E-state index contributed by atoms with van der Waals surface area (Å²) in [5.41, 5.74) is 9.38. The number of rotatable bonds is 14. The van der Waals surface area contributed by atoms with E-state index in [2.05, 4.69) is 85.4 Å². The molecule has 2 aromatic rings. The molecular formula is C25H28Br4N4O6. The molecule has 0 unspecified atom stereocenters. The summed E-state index contributed by atoms with van der Waals surface area (Å²) in [6.45, 7) is -0.481. The number of nitrogens with one attached hydrogen (secondary N) is 4. The molecule has 0 atom stereocenters. The molecule has 0 fully saturated rings. The molecule has 14 heteroatoms. The van der Waals surface area contributed by atoms with Crippen LogP contribution in [0.25, 0.3) is 0 Å². The first-order valence-corrected chi connectivity index (χ1v) is 15.1. The van der Waals surface area contributed by atoms with Gasteiger partial charge in [-0.1, -0.05) is 51.1 Å². The van der Waals surface area contributed by atoms with E-state index >= 15 is 0 Å². The molecule has 0 heterocycles. The van der Waals surface area contributed by atoms with E-state index in [1.54, 1.807) is 36.4 Å². The number of hydrazine groups is 2. The largest absolute Gasteiger partial charge is 0.483 e. The fraction of sp³-hybridized carbons (Fsp3) is 0.360. The predicted octanol–water partition coefficient (Wildman–Crippen LogP) is 5.22. The van der Waals surface area contributed by atoms with Gasteiger partial charge in [0.25, 0.3) is 11.8 Å². The highest BCUT2D eigenvalue weighted by molar-refractivity contribution is 9.11. The Morgan fingerprint density at radius 2 is 0.897 bits per heavy atom. The number of hydrogen-bond donors (Lipinski definition) is 4. The smallest absolute Gasteiger partial charge is 0.276 e. The van der Waals surface area contributed by atoms with Crippen molar-refractivity contribution in [3.63, 3.8) is 0 Å². The number of unbranched alkanes of at least 4 members (excludes halogenated alkanes) is 4. The summed E-state index contributed by atoms with van der Waals surface area (Å²) in [7, 11) is 0. The van der Waals surface area contributed by atoms with Gasteiger partial charge in [-0.05, 0) is 81.1 Å². The molecule has 0 aliphatic rings. The maximum Gasteiger partial charge on any atom is 0.276 e. The van der Waals surface area contributed by atoms with E-state index < -0.39 is 11.8 Å². The first-order chi connectivity index (χ1) is 18.6. The lowest BCUT2D eigenvalue weighted by Gasteiger charge is -2.10. The van der Waals surface area contributed by atoms with Crippen LogP contribution >= 0.6 is 63.7 Å². The third kappa shape index (κ3) is 14.2. The van der Waals surface area contributed by atoms with Crippen LogP contribution in [0.2, 0.25) is 0 Å². The zero-order chi connectivity index (χ0) is 28.6. The third-order valence-electron chi connectivity index (χ3n) is 5.00. The van der Waals surface area contributed by atoms with Crippen molar-refractivity contribution < 1.29 is 28.7 Å². The van der Waals surface area contributed by atoms with Crippen LogP contribution in [-0.2, 0) is 19.2 Å². The van der Waals surface area contributed by atoms with E-state index in [1.807, 2.05) is 0 Å². The quantitative estimate of drug-likeness (QED) is 0.153. The number of amides is 4. The Morgan fingerprint density at radius 3 is 1.28 bits per heavy atom. The summed E-state index contributed by atoms with van der Waals surface area (Å²) < 4.78 is 14.0. The Bertz CT molecular complexity index is 1060. The molecule has 2 rings (SSSR count). The fourth-order valence-electron chi connectivity index (χ4n) is 3.05. The molecule has 0 bridgehead atoms. The second-order valence-electron chi connectivity index (χ2n) is 8.19. The highest BCUT2D eigenvalue weighted by atomic mass is 79.9. The normalized spacial score (nSPS) is 10.4. The average molecular weight is 800 g/mol. The second kappa shape index (κ2) is 18.2. The van der Waals surface area contributed by atoms with E-state index in [4.69, 9.17) is 9.47 Å². The van der Waals surface area contributed by atoms with Gasteiger partial charge in [-0.15, -0.1) is 0 Å². The molecule has 4 amide bonds. The van der Waals surface area contributed by atoms with Gasteiger partial charge in [-0.25, -0.2) is 0 Å². The summed E-state index contributed by atoms with van der Waals surface area (Å²) in [6, 6.07) is 10.6. The Balaban J connectivity index is 1.44. The fourth-order valence-corrected chi connectivity index (χ4v) is 5.37. The lowest BCUT2D eigenvalue weighted by Crippen LogP contribution is -2.43. The molecule has 0 spiro atoms. The molecule has 0 saturated carbocycles. The predicted molar refractivity (Wildman–Crippen MR) is 160 cm³/mol. The number of halogens is 4.